The molecule has 3 rings (SSSR count). The molecule has 2 N–H and O–H groups in total. The third kappa shape index (κ3) is 5.89. The maximum atomic E-state index is 8.88. The molecule has 0 aliphatic heterocycles. The summed E-state index contributed by atoms with van der Waals surface area (Å²) < 4.78 is 0. The van der Waals surface area contributed by atoms with Crippen molar-refractivity contribution in [2.45, 2.75) is 0 Å². The van der Waals surface area contributed by atoms with Crippen molar-refractivity contribution >= 4 is 11.3 Å². The number of hydrogen-bond donors (Lipinski definition) is 2. The molecule has 0 fully saturated rings. The van der Waals surface area contributed by atoms with Gasteiger partial charge in [0.15, 0.2) is 0 Å². The lowest BCUT2D eigenvalue weighted by molar-refractivity contribution is 0.350. The summed E-state index contributed by atoms with van der Waals surface area (Å²) in [6.45, 7) is -0.354. The highest BCUT2D eigenvalue weighted by Gasteiger charge is 1.98. The van der Waals surface area contributed by atoms with Gasteiger partial charge in [-0.2, -0.15) is 0 Å². The standard InChI is InChI=1S/C26H16O2S/c27-19-5-11-21-7-1-3-9-23(21)13-15-25-17-18-26(29-25)16-14-24-10-4-2-8-22(24)12-6-20-28/h1-4,7-10,17-18,27-28H,19-20H2. The number of hydrogen-bond acceptors (Lipinski definition) is 3. The van der Waals surface area contributed by atoms with Crippen LogP contribution in [0.15, 0.2) is 60.7 Å². The van der Waals surface area contributed by atoms with Crippen LogP contribution in [-0.4, -0.2) is 23.4 Å². The summed E-state index contributed by atoms with van der Waals surface area (Å²) in [5.74, 6) is 23.7. The van der Waals surface area contributed by atoms with Gasteiger partial charge in [-0.15, -0.1) is 11.3 Å². The Morgan fingerprint density at radius 2 is 0.897 bits per heavy atom. The van der Waals surface area contributed by atoms with E-state index in [0.717, 1.165) is 32.0 Å². The molecular formula is C26H16O2S. The number of aliphatic hydroxyl groups is 2. The number of thiophene rings is 1. The van der Waals surface area contributed by atoms with Crippen molar-refractivity contribution in [1.29, 1.82) is 0 Å². The molecule has 0 saturated carbocycles. The van der Waals surface area contributed by atoms with E-state index >= 15 is 0 Å². The van der Waals surface area contributed by atoms with E-state index in [2.05, 4.69) is 47.4 Å². The molecule has 0 aliphatic rings. The average Bonchev–Trinajstić information content (AvgIpc) is 3.22. The quantitative estimate of drug-likeness (QED) is 0.577. The highest BCUT2D eigenvalue weighted by Crippen LogP contribution is 2.15. The summed E-state index contributed by atoms with van der Waals surface area (Å²) in [5.41, 5.74) is 3.24. The number of rotatable bonds is 0. The Kier molecular flexibility index (Phi) is 7.32. The molecule has 0 aliphatic carbocycles. The second-order valence-corrected chi connectivity index (χ2v) is 6.76. The molecule has 0 atom stereocenters. The van der Waals surface area contributed by atoms with Crippen LogP contribution in [0.4, 0.5) is 0 Å². The van der Waals surface area contributed by atoms with E-state index < -0.39 is 0 Å². The van der Waals surface area contributed by atoms with Crippen LogP contribution in [0.2, 0.25) is 0 Å². The van der Waals surface area contributed by atoms with E-state index in [0.29, 0.717) is 0 Å². The molecule has 0 saturated heterocycles. The third-order valence-corrected chi connectivity index (χ3v) is 4.62. The molecule has 138 valence electrons. The van der Waals surface area contributed by atoms with E-state index in [4.69, 9.17) is 10.2 Å². The zero-order valence-electron chi connectivity index (χ0n) is 15.5. The van der Waals surface area contributed by atoms with Crippen LogP contribution in [0.1, 0.15) is 32.0 Å². The Morgan fingerprint density at radius 3 is 1.28 bits per heavy atom. The minimum atomic E-state index is -0.177. The fraction of sp³-hybridized carbons (Fsp3) is 0.0769. The van der Waals surface area contributed by atoms with E-state index in [1.165, 1.54) is 11.3 Å². The topological polar surface area (TPSA) is 40.5 Å². The van der Waals surface area contributed by atoms with Gasteiger partial charge in [0.2, 0.25) is 0 Å². The van der Waals surface area contributed by atoms with Crippen LogP contribution < -0.4 is 0 Å². The SMILES string of the molecule is OCC#Cc1ccccc1C#Cc1ccc(C#Cc2ccccc2C#CCO)s1. The van der Waals surface area contributed by atoms with Crippen LogP contribution >= 0.6 is 11.3 Å². The Hall–Kier alpha value is -3.70. The predicted molar refractivity (Wildman–Crippen MR) is 117 cm³/mol. The molecular weight excluding hydrogens is 376 g/mol. The molecule has 0 spiro atoms. The zero-order valence-corrected chi connectivity index (χ0v) is 16.3. The Labute approximate surface area is 174 Å². The van der Waals surface area contributed by atoms with Gasteiger partial charge >= 0.3 is 0 Å². The van der Waals surface area contributed by atoms with Crippen LogP contribution in [-0.2, 0) is 0 Å². The van der Waals surface area contributed by atoms with E-state index in [-0.39, 0.29) is 13.2 Å². The Balaban J connectivity index is 1.82. The molecule has 1 heterocycles. The van der Waals surface area contributed by atoms with E-state index in [1.807, 2.05) is 60.7 Å². The summed E-state index contributed by atoms with van der Waals surface area (Å²) in [7, 11) is 0. The molecule has 2 aromatic carbocycles. The van der Waals surface area contributed by atoms with E-state index in [1.54, 1.807) is 0 Å². The minimum Gasteiger partial charge on any atom is -0.384 e. The molecule has 3 heteroatoms. The molecule has 1 aromatic heterocycles. The van der Waals surface area contributed by atoms with Gasteiger partial charge in [-0.25, -0.2) is 0 Å². The van der Waals surface area contributed by atoms with Gasteiger partial charge in [0.25, 0.3) is 0 Å². The smallest absolute Gasteiger partial charge is 0.104 e. The van der Waals surface area contributed by atoms with Crippen LogP contribution in [0.3, 0.4) is 0 Å². The van der Waals surface area contributed by atoms with Crippen molar-refractivity contribution in [3.63, 3.8) is 0 Å². The van der Waals surface area contributed by atoms with Gasteiger partial charge in [-0.05, 0) is 36.4 Å². The second kappa shape index (κ2) is 10.6. The summed E-state index contributed by atoms with van der Waals surface area (Å²) in [6, 6.07) is 19.1. The fourth-order valence-corrected chi connectivity index (χ4v) is 3.12. The second-order valence-electron chi connectivity index (χ2n) is 5.67. The highest BCUT2D eigenvalue weighted by molar-refractivity contribution is 7.13. The largest absolute Gasteiger partial charge is 0.384 e. The summed E-state index contributed by atoms with van der Waals surface area (Å²) in [4.78, 5) is 1.82. The van der Waals surface area contributed by atoms with Gasteiger partial charge in [-0.3, -0.25) is 0 Å². The van der Waals surface area contributed by atoms with Crippen molar-refractivity contribution in [1.82, 2.24) is 0 Å². The van der Waals surface area contributed by atoms with Gasteiger partial charge in [0, 0.05) is 22.3 Å². The van der Waals surface area contributed by atoms with Crippen molar-refractivity contribution < 1.29 is 10.2 Å². The maximum absolute atomic E-state index is 8.88. The molecule has 0 amide bonds. The molecule has 0 bridgehead atoms. The fourth-order valence-electron chi connectivity index (χ4n) is 2.40. The monoisotopic (exact) mass is 392 g/mol. The van der Waals surface area contributed by atoms with Gasteiger partial charge in [0.05, 0.1) is 9.75 Å². The van der Waals surface area contributed by atoms with Crippen molar-refractivity contribution in [3.05, 3.63) is 92.7 Å². The average molecular weight is 392 g/mol. The molecule has 0 radical (unpaired) electrons. The van der Waals surface area contributed by atoms with Crippen molar-refractivity contribution in [2.75, 3.05) is 13.2 Å². The predicted octanol–water partition coefficient (Wildman–Crippen LogP) is 3.24. The molecule has 2 nitrogen and oxygen atoms in total. The molecule has 0 unspecified atom stereocenters. The van der Waals surface area contributed by atoms with Gasteiger partial charge in [0.1, 0.15) is 13.2 Å². The van der Waals surface area contributed by atoms with Crippen LogP contribution in [0.25, 0.3) is 0 Å². The van der Waals surface area contributed by atoms with Crippen molar-refractivity contribution in [3.8, 4) is 47.4 Å². The normalized spacial score (nSPS) is 8.90. The van der Waals surface area contributed by atoms with Crippen molar-refractivity contribution in [2.24, 2.45) is 0 Å². The summed E-state index contributed by atoms with van der Waals surface area (Å²) >= 11 is 1.52. The van der Waals surface area contributed by atoms with E-state index in [9.17, 15) is 0 Å². The minimum absolute atomic E-state index is 0.177. The first-order valence-electron chi connectivity index (χ1n) is 8.81. The Bertz CT molecular complexity index is 1150. The summed E-state index contributed by atoms with van der Waals surface area (Å²) in [6.07, 6.45) is 0. The lowest BCUT2D eigenvalue weighted by Gasteiger charge is -1.94. The number of benzene rings is 2. The van der Waals surface area contributed by atoms with Gasteiger partial charge in [-0.1, -0.05) is 71.6 Å². The zero-order chi connectivity index (χ0) is 20.3. The lowest BCUT2D eigenvalue weighted by atomic mass is 10.1. The van der Waals surface area contributed by atoms with Crippen LogP contribution in [0.5, 0.6) is 0 Å². The molecule has 29 heavy (non-hydrogen) atoms. The van der Waals surface area contributed by atoms with Gasteiger partial charge < -0.3 is 10.2 Å². The first kappa shape index (κ1) is 20.0. The highest BCUT2D eigenvalue weighted by atomic mass is 32.1. The lowest BCUT2D eigenvalue weighted by Crippen LogP contribution is -1.83. The Morgan fingerprint density at radius 1 is 0.517 bits per heavy atom. The first-order valence-corrected chi connectivity index (χ1v) is 9.63. The number of aliphatic hydroxyl groups excluding tert-OH is 2. The van der Waals surface area contributed by atoms with Crippen LogP contribution in [0, 0.1) is 47.4 Å². The summed E-state index contributed by atoms with van der Waals surface area (Å²) in [5, 5.41) is 17.8. The first-order chi connectivity index (χ1) is 14.3. The maximum Gasteiger partial charge on any atom is 0.104 e. The third-order valence-electron chi connectivity index (χ3n) is 3.71. The molecule has 3 aromatic rings.